The molecule has 0 bridgehead atoms. The van der Waals surface area contributed by atoms with E-state index in [1.807, 2.05) is 18.2 Å². The van der Waals surface area contributed by atoms with Crippen LogP contribution in [0.4, 0.5) is 0 Å². The van der Waals surface area contributed by atoms with E-state index in [0.717, 1.165) is 24.5 Å². The van der Waals surface area contributed by atoms with Gasteiger partial charge in [-0.1, -0.05) is 37.3 Å². The molecule has 15 heavy (non-hydrogen) atoms. The Morgan fingerprint density at radius 1 is 1.20 bits per heavy atom. The highest BCUT2D eigenvalue weighted by Crippen LogP contribution is 2.17. The Morgan fingerprint density at radius 3 is 2.60 bits per heavy atom. The molecule has 0 saturated carbocycles. The normalized spacial score (nSPS) is 10.5. The van der Waals surface area contributed by atoms with Crippen molar-refractivity contribution < 1.29 is 0 Å². The Hall–Kier alpha value is -1.57. The summed E-state index contributed by atoms with van der Waals surface area (Å²) in [4.78, 5) is 4.56. The quantitative estimate of drug-likeness (QED) is 0.743. The molecule has 0 aliphatic carbocycles. The second-order valence-electron chi connectivity index (χ2n) is 3.73. The Morgan fingerprint density at radius 2 is 1.93 bits per heavy atom. The van der Waals surface area contributed by atoms with Gasteiger partial charge in [0.25, 0.3) is 0 Å². The number of imidazole rings is 1. The minimum Gasteiger partial charge on any atom is -0.335 e. The monoisotopic (exact) mass is 200 g/mol. The van der Waals surface area contributed by atoms with Crippen LogP contribution in [0, 0.1) is 6.92 Å². The minimum atomic E-state index is 1.05. The molecule has 0 radical (unpaired) electrons. The van der Waals surface area contributed by atoms with Crippen molar-refractivity contribution in [1.82, 2.24) is 9.55 Å². The van der Waals surface area contributed by atoms with Crippen LogP contribution in [-0.2, 0) is 6.54 Å². The van der Waals surface area contributed by atoms with Gasteiger partial charge < -0.3 is 4.57 Å². The molecule has 0 aliphatic rings. The number of aromatic nitrogens is 2. The summed E-state index contributed by atoms with van der Waals surface area (Å²) in [5.74, 6) is 1.09. The zero-order chi connectivity index (χ0) is 10.7. The van der Waals surface area contributed by atoms with Crippen molar-refractivity contribution in [3.05, 3.63) is 42.4 Å². The maximum Gasteiger partial charge on any atom is 0.106 e. The minimum absolute atomic E-state index is 1.05. The van der Waals surface area contributed by atoms with Gasteiger partial charge >= 0.3 is 0 Å². The molecule has 2 aromatic rings. The third-order valence-corrected chi connectivity index (χ3v) is 2.51. The van der Waals surface area contributed by atoms with Crippen LogP contribution in [0.25, 0.3) is 11.3 Å². The van der Waals surface area contributed by atoms with Gasteiger partial charge in [-0.3, -0.25) is 0 Å². The molecule has 0 atom stereocenters. The van der Waals surface area contributed by atoms with Crippen LogP contribution in [0.15, 0.2) is 36.5 Å². The molecule has 1 heterocycles. The topological polar surface area (TPSA) is 17.8 Å². The summed E-state index contributed by atoms with van der Waals surface area (Å²) < 4.78 is 2.21. The van der Waals surface area contributed by atoms with E-state index in [2.05, 4.69) is 41.7 Å². The predicted molar refractivity (Wildman–Crippen MR) is 62.7 cm³/mol. The zero-order valence-electron chi connectivity index (χ0n) is 9.27. The van der Waals surface area contributed by atoms with Crippen LogP contribution in [0.2, 0.25) is 0 Å². The fraction of sp³-hybridized carbons (Fsp3) is 0.308. The van der Waals surface area contributed by atoms with Crippen LogP contribution in [0.1, 0.15) is 19.2 Å². The van der Waals surface area contributed by atoms with Crippen LogP contribution in [0.3, 0.4) is 0 Å². The molecule has 0 fully saturated rings. The smallest absolute Gasteiger partial charge is 0.106 e. The largest absolute Gasteiger partial charge is 0.335 e. The molecule has 0 unspecified atom stereocenters. The van der Waals surface area contributed by atoms with Gasteiger partial charge in [0.2, 0.25) is 0 Å². The number of nitrogens with zero attached hydrogens (tertiary/aromatic N) is 2. The Balaban J connectivity index is 2.34. The zero-order valence-corrected chi connectivity index (χ0v) is 9.27. The van der Waals surface area contributed by atoms with Crippen LogP contribution < -0.4 is 0 Å². The fourth-order valence-corrected chi connectivity index (χ4v) is 1.72. The van der Waals surface area contributed by atoms with Crippen molar-refractivity contribution in [2.24, 2.45) is 0 Å². The maximum atomic E-state index is 4.56. The summed E-state index contributed by atoms with van der Waals surface area (Å²) in [6, 6.07) is 10.3. The molecule has 0 saturated heterocycles. The second-order valence-corrected chi connectivity index (χ2v) is 3.73. The van der Waals surface area contributed by atoms with Crippen LogP contribution >= 0.6 is 0 Å². The van der Waals surface area contributed by atoms with Gasteiger partial charge in [-0.05, 0) is 13.3 Å². The SMILES string of the molecule is CCCn1cc(-c2ccccc2)nc1C. The van der Waals surface area contributed by atoms with E-state index in [9.17, 15) is 0 Å². The molecule has 78 valence electrons. The molecule has 1 aromatic carbocycles. The number of hydrogen-bond donors (Lipinski definition) is 0. The van der Waals surface area contributed by atoms with Gasteiger partial charge in [0.05, 0.1) is 5.69 Å². The van der Waals surface area contributed by atoms with E-state index in [0.29, 0.717) is 0 Å². The van der Waals surface area contributed by atoms with Gasteiger partial charge in [0.15, 0.2) is 0 Å². The highest BCUT2D eigenvalue weighted by molar-refractivity contribution is 5.58. The van der Waals surface area contributed by atoms with Gasteiger partial charge in [-0.25, -0.2) is 4.98 Å². The van der Waals surface area contributed by atoms with Crippen LogP contribution in [0.5, 0.6) is 0 Å². The van der Waals surface area contributed by atoms with E-state index >= 15 is 0 Å². The van der Waals surface area contributed by atoms with E-state index in [1.54, 1.807) is 0 Å². The van der Waals surface area contributed by atoms with Crippen LogP contribution in [-0.4, -0.2) is 9.55 Å². The summed E-state index contributed by atoms with van der Waals surface area (Å²) in [5.41, 5.74) is 2.26. The lowest BCUT2D eigenvalue weighted by Crippen LogP contribution is -1.96. The first kappa shape index (κ1) is 9.97. The highest BCUT2D eigenvalue weighted by atomic mass is 15.1. The third kappa shape index (κ3) is 2.09. The van der Waals surface area contributed by atoms with Gasteiger partial charge in [-0.15, -0.1) is 0 Å². The molecule has 2 nitrogen and oxygen atoms in total. The summed E-state index contributed by atoms with van der Waals surface area (Å²) in [6.45, 7) is 5.29. The van der Waals surface area contributed by atoms with Crippen molar-refractivity contribution in [1.29, 1.82) is 0 Å². The summed E-state index contributed by atoms with van der Waals surface area (Å²) in [7, 11) is 0. The second kappa shape index (κ2) is 4.30. The van der Waals surface area contributed by atoms with Crippen molar-refractivity contribution in [2.75, 3.05) is 0 Å². The molecule has 2 rings (SSSR count). The number of benzene rings is 1. The lowest BCUT2D eigenvalue weighted by atomic mass is 10.2. The number of aryl methyl sites for hydroxylation is 2. The Labute approximate surface area is 90.6 Å². The highest BCUT2D eigenvalue weighted by Gasteiger charge is 2.04. The summed E-state index contributed by atoms with van der Waals surface area (Å²) >= 11 is 0. The summed E-state index contributed by atoms with van der Waals surface area (Å²) in [6.07, 6.45) is 3.28. The standard InChI is InChI=1S/C13H16N2/c1-3-9-15-10-13(14-11(15)2)12-7-5-4-6-8-12/h4-8,10H,3,9H2,1-2H3. The Bertz CT molecular complexity index is 429. The van der Waals surface area contributed by atoms with Gasteiger partial charge in [0, 0.05) is 18.3 Å². The van der Waals surface area contributed by atoms with Crippen molar-refractivity contribution in [3.63, 3.8) is 0 Å². The van der Waals surface area contributed by atoms with E-state index < -0.39 is 0 Å². The molecule has 1 aromatic heterocycles. The average molecular weight is 200 g/mol. The van der Waals surface area contributed by atoms with E-state index in [4.69, 9.17) is 0 Å². The fourth-order valence-electron chi connectivity index (χ4n) is 1.72. The van der Waals surface area contributed by atoms with Crippen molar-refractivity contribution >= 4 is 0 Å². The summed E-state index contributed by atoms with van der Waals surface area (Å²) in [5, 5.41) is 0. The molecule has 0 N–H and O–H groups in total. The average Bonchev–Trinajstić information content (AvgIpc) is 2.63. The molecule has 0 aliphatic heterocycles. The van der Waals surface area contributed by atoms with Crippen molar-refractivity contribution in [2.45, 2.75) is 26.8 Å². The number of hydrogen-bond acceptors (Lipinski definition) is 1. The lowest BCUT2D eigenvalue weighted by Gasteiger charge is -1.99. The first-order chi connectivity index (χ1) is 7.31. The first-order valence-electron chi connectivity index (χ1n) is 5.40. The number of rotatable bonds is 3. The lowest BCUT2D eigenvalue weighted by molar-refractivity contribution is 0.658. The molecule has 2 heteroatoms. The molecule has 0 spiro atoms. The first-order valence-corrected chi connectivity index (χ1v) is 5.40. The van der Waals surface area contributed by atoms with Gasteiger partial charge in [0.1, 0.15) is 5.82 Å². The third-order valence-electron chi connectivity index (χ3n) is 2.51. The molecule has 0 amide bonds. The van der Waals surface area contributed by atoms with E-state index in [-0.39, 0.29) is 0 Å². The van der Waals surface area contributed by atoms with E-state index in [1.165, 1.54) is 5.56 Å². The van der Waals surface area contributed by atoms with Crippen molar-refractivity contribution in [3.8, 4) is 11.3 Å². The maximum absolute atomic E-state index is 4.56. The predicted octanol–water partition coefficient (Wildman–Crippen LogP) is 3.27. The Kier molecular flexibility index (Phi) is 2.86. The van der Waals surface area contributed by atoms with Gasteiger partial charge in [-0.2, -0.15) is 0 Å². The molecular formula is C13H16N2. The molecular weight excluding hydrogens is 184 g/mol.